The maximum atomic E-state index is 13.7. The molecule has 138 valence electrons. The van der Waals surface area contributed by atoms with Crippen LogP contribution in [-0.2, 0) is 6.42 Å². The Balaban J connectivity index is 1.31. The Morgan fingerprint density at radius 1 is 1.24 bits per heavy atom. The second-order valence-electron chi connectivity index (χ2n) is 7.53. The Morgan fingerprint density at radius 3 is 2.84 bits per heavy atom. The van der Waals surface area contributed by atoms with E-state index in [2.05, 4.69) is 22.5 Å². The summed E-state index contributed by atoms with van der Waals surface area (Å²) in [5.41, 5.74) is 1.68. The zero-order chi connectivity index (χ0) is 17.6. The quantitative estimate of drug-likeness (QED) is 0.772. The van der Waals surface area contributed by atoms with E-state index in [1.165, 1.54) is 32.0 Å². The van der Waals surface area contributed by atoms with Crippen LogP contribution in [0.3, 0.4) is 0 Å². The topological polar surface area (TPSA) is 44.4 Å². The van der Waals surface area contributed by atoms with Crippen LogP contribution in [0.25, 0.3) is 0 Å². The van der Waals surface area contributed by atoms with Crippen LogP contribution in [0.4, 0.5) is 9.18 Å². The first kappa shape index (κ1) is 18.2. The third kappa shape index (κ3) is 4.94. The molecule has 0 radical (unpaired) electrons. The smallest absolute Gasteiger partial charge is 0.315 e. The number of likely N-dealkylation sites (tertiary alicyclic amines) is 1. The van der Waals surface area contributed by atoms with Crippen LogP contribution in [0.2, 0.25) is 0 Å². The molecule has 1 heterocycles. The zero-order valence-electron chi connectivity index (χ0n) is 15.2. The fourth-order valence-electron chi connectivity index (χ4n) is 3.92. The molecule has 2 amide bonds. The van der Waals surface area contributed by atoms with Crippen molar-refractivity contribution in [2.45, 2.75) is 51.5 Å². The molecule has 1 aliphatic carbocycles. The normalized spacial score (nSPS) is 21.1. The van der Waals surface area contributed by atoms with Gasteiger partial charge in [-0.2, -0.15) is 0 Å². The molecule has 0 aromatic heterocycles. The molecular weight excluding hydrogens is 317 g/mol. The number of hydrogen-bond acceptors (Lipinski definition) is 2. The molecule has 0 spiro atoms. The van der Waals surface area contributed by atoms with Gasteiger partial charge in [-0.05, 0) is 81.3 Å². The summed E-state index contributed by atoms with van der Waals surface area (Å²) in [5.74, 6) is 0.713. The number of fused-ring (bicyclic) bond motifs is 1. The zero-order valence-corrected chi connectivity index (χ0v) is 15.2. The second-order valence-corrected chi connectivity index (χ2v) is 7.53. The molecule has 3 rings (SSSR count). The predicted molar refractivity (Wildman–Crippen MR) is 98.1 cm³/mol. The maximum Gasteiger partial charge on any atom is 0.315 e. The van der Waals surface area contributed by atoms with E-state index in [9.17, 15) is 9.18 Å². The van der Waals surface area contributed by atoms with Crippen LogP contribution in [0.1, 0.15) is 56.2 Å². The van der Waals surface area contributed by atoms with E-state index in [4.69, 9.17) is 0 Å². The lowest BCUT2D eigenvalue weighted by Crippen LogP contribution is -2.38. The molecule has 0 saturated carbocycles. The van der Waals surface area contributed by atoms with E-state index in [1.54, 1.807) is 6.07 Å². The molecule has 2 aliphatic rings. The van der Waals surface area contributed by atoms with Gasteiger partial charge in [-0.25, -0.2) is 9.18 Å². The van der Waals surface area contributed by atoms with Gasteiger partial charge in [-0.15, -0.1) is 0 Å². The molecule has 1 aliphatic heterocycles. The van der Waals surface area contributed by atoms with Crippen LogP contribution in [0.5, 0.6) is 0 Å². The van der Waals surface area contributed by atoms with Crippen LogP contribution in [0.15, 0.2) is 18.2 Å². The second kappa shape index (κ2) is 8.65. The van der Waals surface area contributed by atoms with Crippen molar-refractivity contribution >= 4 is 6.03 Å². The van der Waals surface area contributed by atoms with Gasteiger partial charge in [0, 0.05) is 6.54 Å². The summed E-state index contributed by atoms with van der Waals surface area (Å²) in [6, 6.07) is 4.91. The summed E-state index contributed by atoms with van der Waals surface area (Å²) in [6.07, 6.45) is 6.20. The largest absolute Gasteiger partial charge is 0.338 e. The van der Waals surface area contributed by atoms with Crippen molar-refractivity contribution in [2.75, 3.05) is 26.2 Å². The van der Waals surface area contributed by atoms with Crippen molar-refractivity contribution < 1.29 is 9.18 Å². The van der Waals surface area contributed by atoms with Gasteiger partial charge in [-0.1, -0.05) is 19.1 Å². The van der Waals surface area contributed by atoms with Gasteiger partial charge >= 0.3 is 6.03 Å². The minimum atomic E-state index is -0.158. The molecule has 0 bridgehead atoms. The standard InChI is InChI=1S/C20H30FN3O/c1-15-9-13-24(14-10-15)12-3-2-11-22-20(25)23-19-8-7-16-17(19)5-4-6-18(16)21/h4-6,15,19H,2-3,7-14H2,1H3,(H2,22,23,25). The average Bonchev–Trinajstić information content (AvgIpc) is 3.01. The first-order chi connectivity index (χ1) is 12.1. The highest BCUT2D eigenvalue weighted by Crippen LogP contribution is 2.32. The van der Waals surface area contributed by atoms with E-state index in [0.29, 0.717) is 13.0 Å². The first-order valence-corrected chi connectivity index (χ1v) is 9.67. The van der Waals surface area contributed by atoms with E-state index in [1.807, 2.05) is 6.07 Å². The number of amides is 2. The highest BCUT2D eigenvalue weighted by molar-refractivity contribution is 5.74. The number of unbranched alkanes of at least 4 members (excludes halogenated alkanes) is 1. The Labute approximate surface area is 150 Å². The van der Waals surface area contributed by atoms with Crippen LogP contribution >= 0.6 is 0 Å². The Bertz CT molecular complexity index is 584. The van der Waals surface area contributed by atoms with E-state index in [0.717, 1.165) is 42.9 Å². The lowest BCUT2D eigenvalue weighted by molar-refractivity contribution is 0.189. The van der Waals surface area contributed by atoms with Crippen LogP contribution < -0.4 is 10.6 Å². The molecule has 5 heteroatoms. The summed E-state index contributed by atoms with van der Waals surface area (Å²) in [5, 5.41) is 5.92. The maximum absolute atomic E-state index is 13.7. The summed E-state index contributed by atoms with van der Waals surface area (Å²) in [4.78, 5) is 14.6. The molecule has 1 aromatic rings. The van der Waals surface area contributed by atoms with Crippen LogP contribution in [-0.4, -0.2) is 37.1 Å². The molecule has 1 atom stereocenters. The van der Waals surface area contributed by atoms with Gasteiger partial charge in [0.1, 0.15) is 5.82 Å². The van der Waals surface area contributed by atoms with Crippen LogP contribution in [0, 0.1) is 11.7 Å². The molecule has 4 nitrogen and oxygen atoms in total. The number of nitrogens with one attached hydrogen (secondary N) is 2. The highest BCUT2D eigenvalue weighted by Gasteiger charge is 2.25. The van der Waals surface area contributed by atoms with Crippen molar-refractivity contribution in [1.82, 2.24) is 15.5 Å². The van der Waals surface area contributed by atoms with E-state index in [-0.39, 0.29) is 17.9 Å². The number of carbonyl (C=O) groups excluding carboxylic acids is 1. The van der Waals surface area contributed by atoms with E-state index < -0.39 is 0 Å². The number of hydrogen-bond donors (Lipinski definition) is 2. The molecular formula is C20H30FN3O. The van der Waals surface area contributed by atoms with E-state index >= 15 is 0 Å². The lowest BCUT2D eigenvalue weighted by Gasteiger charge is -2.30. The van der Waals surface area contributed by atoms with Gasteiger partial charge in [0.05, 0.1) is 6.04 Å². The van der Waals surface area contributed by atoms with Gasteiger partial charge in [0.2, 0.25) is 0 Å². The fraction of sp³-hybridized carbons (Fsp3) is 0.650. The first-order valence-electron chi connectivity index (χ1n) is 9.67. The Hall–Kier alpha value is -1.62. The Morgan fingerprint density at radius 2 is 2.04 bits per heavy atom. The summed E-state index contributed by atoms with van der Waals surface area (Å²) in [7, 11) is 0. The number of carbonyl (C=O) groups is 1. The molecule has 1 aromatic carbocycles. The third-order valence-electron chi connectivity index (χ3n) is 5.58. The molecule has 2 N–H and O–H groups in total. The number of nitrogens with zero attached hydrogens (tertiary/aromatic N) is 1. The SMILES string of the molecule is CC1CCN(CCCCNC(=O)NC2CCc3c(F)cccc32)CC1. The van der Waals surface area contributed by atoms with Crippen molar-refractivity contribution in [3.63, 3.8) is 0 Å². The average molecular weight is 347 g/mol. The summed E-state index contributed by atoms with van der Waals surface area (Å²) >= 11 is 0. The van der Waals surface area contributed by atoms with Gasteiger partial charge in [0.15, 0.2) is 0 Å². The van der Waals surface area contributed by atoms with Crippen molar-refractivity contribution in [1.29, 1.82) is 0 Å². The minimum absolute atomic E-state index is 0.0685. The highest BCUT2D eigenvalue weighted by atomic mass is 19.1. The van der Waals surface area contributed by atoms with Gasteiger partial charge in [0.25, 0.3) is 0 Å². The number of urea groups is 1. The monoisotopic (exact) mass is 347 g/mol. The summed E-state index contributed by atoms with van der Waals surface area (Å²) in [6.45, 7) is 6.58. The number of piperidine rings is 1. The number of benzene rings is 1. The van der Waals surface area contributed by atoms with Crippen molar-refractivity contribution in [3.05, 3.63) is 35.1 Å². The molecule has 25 heavy (non-hydrogen) atoms. The number of rotatable bonds is 6. The summed E-state index contributed by atoms with van der Waals surface area (Å²) < 4.78 is 13.7. The van der Waals surface area contributed by atoms with Crippen molar-refractivity contribution in [3.8, 4) is 0 Å². The third-order valence-corrected chi connectivity index (χ3v) is 5.58. The fourth-order valence-corrected chi connectivity index (χ4v) is 3.92. The molecule has 1 saturated heterocycles. The Kier molecular flexibility index (Phi) is 6.29. The van der Waals surface area contributed by atoms with Crippen molar-refractivity contribution in [2.24, 2.45) is 5.92 Å². The van der Waals surface area contributed by atoms with Gasteiger partial charge < -0.3 is 15.5 Å². The van der Waals surface area contributed by atoms with Gasteiger partial charge in [-0.3, -0.25) is 0 Å². The minimum Gasteiger partial charge on any atom is -0.338 e. The lowest BCUT2D eigenvalue weighted by atomic mass is 9.99. The predicted octanol–water partition coefficient (Wildman–Crippen LogP) is 3.62. The number of halogens is 1. The molecule has 1 fully saturated rings. The molecule has 1 unspecified atom stereocenters.